The maximum Gasteiger partial charge on any atom is 0.417 e. The van der Waals surface area contributed by atoms with Gasteiger partial charge in [0.05, 0.1) is 11.4 Å². The lowest BCUT2D eigenvalue weighted by Gasteiger charge is -2.20. The summed E-state index contributed by atoms with van der Waals surface area (Å²) < 4.78 is 17.5. The van der Waals surface area contributed by atoms with E-state index in [2.05, 4.69) is 10.6 Å². The maximum atomic E-state index is 12.9. The van der Waals surface area contributed by atoms with E-state index in [0.29, 0.717) is 56.6 Å². The van der Waals surface area contributed by atoms with Crippen molar-refractivity contribution >= 4 is 23.6 Å². The van der Waals surface area contributed by atoms with E-state index in [1.165, 1.54) is 24.3 Å². The highest BCUT2D eigenvalue weighted by molar-refractivity contribution is 5.96. The highest BCUT2D eigenvalue weighted by Crippen LogP contribution is 2.44. The molecule has 0 bridgehead atoms. The van der Waals surface area contributed by atoms with Crippen molar-refractivity contribution in [1.82, 2.24) is 0 Å². The third-order valence-corrected chi connectivity index (χ3v) is 6.97. The zero-order valence-electron chi connectivity index (χ0n) is 24.8. The Morgan fingerprint density at radius 1 is 0.447 bits per heavy atom. The van der Waals surface area contributed by atoms with E-state index < -0.39 is 12.2 Å². The summed E-state index contributed by atoms with van der Waals surface area (Å²) in [5.74, 6) is 1.60. The van der Waals surface area contributed by atoms with Gasteiger partial charge in [-0.2, -0.15) is 0 Å². The molecule has 0 unspecified atom stereocenters. The molecule has 4 N–H and O–H groups in total. The van der Waals surface area contributed by atoms with Crippen molar-refractivity contribution in [3.63, 3.8) is 0 Å². The number of rotatable bonds is 8. The lowest BCUT2D eigenvalue weighted by atomic mass is 10.0. The number of benzene rings is 6. The van der Waals surface area contributed by atoms with E-state index in [0.717, 1.165) is 0 Å². The molecule has 6 aromatic carbocycles. The molecule has 9 nitrogen and oxygen atoms in total. The van der Waals surface area contributed by atoms with Crippen LogP contribution < -0.4 is 24.8 Å². The molecule has 2 amide bonds. The van der Waals surface area contributed by atoms with E-state index in [4.69, 9.17) is 14.2 Å². The molecule has 6 rings (SSSR count). The molecule has 0 atom stereocenters. The Balaban J connectivity index is 1.39. The highest BCUT2D eigenvalue weighted by Gasteiger charge is 2.20. The molecular formula is C38H28N2O7. The molecule has 0 aliphatic heterocycles. The van der Waals surface area contributed by atoms with Gasteiger partial charge in [0.15, 0.2) is 0 Å². The molecule has 0 saturated heterocycles. The van der Waals surface area contributed by atoms with Gasteiger partial charge in [0.25, 0.3) is 0 Å². The molecule has 0 heterocycles. The predicted molar refractivity (Wildman–Crippen MR) is 179 cm³/mol. The van der Waals surface area contributed by atoms with E-state index >= 15 is 0 Å². The first-order valence-electron chi connectivity index (χ1n) is 14.5. The maximum absolute atomic E-state index is 12.9. The number of nitrogens with one attached hydrogen (secondary N) is 2. The van der Waals surface area contributed by atoms with Gasteiger partial charge in [0.1, 0.15) is 34.5 Å². The number of carbonyl (C=O) groups is 2. The second kappa shape index (κ2) is 13.9. The van der Waals surface area contributed by atoms with Crippen LogP contribution in [0.15, 0.2) is 146 Å². The topological polar surface area (TPSA) is 126 Å². The molecule has 6 aromatic rings. The first-order valence-corrected chi connectivity index (χ1v) is 14.5. The molecule has 47 heavy (non-hydrogen) atoms. The fourth-order valence-corrected chi connectivity index (χ4v) is 4.87. The van der Waals surface area contributed by atoms with Crippen LogP contribution in [0.4, 0.5) is 21.0 Å². The van der Waals surface area contributed by atoms with Gasteiger partial charge in [-0.25, -0.2) is 9.59 Å². The summed E-state index contributed by atoms with van der Waals surface area (Å²) in [5, 5.41) is 25.6. The second-order valence-electron chi connectivity index (χ2n) is 10.2. The zero-order valence-corrected chi connectivity index (χ0v) is 24.8. The molecule has 0 aliphatic carbocycles. The van der Waals surface area contributed by atoms with Crippen LogP contribution in [0.1, 0.15) is 0 Å². The van der Waals surface area contributed by atoms with Crippen molar-refractivity contribution in [2.24, 2.45) is 0 Å². The van der Waals surface area contributed by atoms with Crippen LogP contribution in [0.5, 0.6) is 34.5 Å². The summed E-state index contributed by atoms with van der Waals surface area (Å²) in [6.07, 6.45) is -1.41. The normalized spacial score (nSPS) is 10.5. The zero-order chi connectivity index (χ0) is 32.6. The Morgan fingerprint density at radius 2 is 0.830 bits per heavy atom. The lowest BCUT2D eigenvalue weighted by molar-refractivity contribution is 0.214. The Kier molecular flexibility index (Phi) is 8.97. The minimum absolute atomic E-state index is 0.0703. The summed E-state index contributed by atoms with van der Waals surface area (Å²) in [5.41, 5.74) is 3.08. The van der Waals surface area contributed by atoms with Gasteiger partial charge in [0, 0.05) is 11.1 Å². The Morgan fingerprint density at radius 3 is 1.21 bits per heavy atom. The van der Waals surface area contributed by atoms with Crippen molar-refractivity contribution in [2.75, 3.05) is 10.6 Å². The van der Waals surface area contributed by atoms with Gasteiger partial charge >= 0.3 is 12.2 Å². The van der Waals surface area contributed by atoms with E-state index in [1.54, 1.807) is 109 Å². The molecule has 9 heteroatoms. The Hall–Kier alpha value is -6.74. The summed E-state index contributed by atoms with van der Waals surface area (Å²) in [7, 11) is 0. The molecule has 0 radical (unpaired) electrons. The largest absolute Gasteiger partial charge is 0.508 e. The first-order chi connectivity index (χ1) is 22.9. The average Bonchev–Trinajstić information content (AvgIpc) is 3.07. The van der Waals surface area contributed by atoms with E-state index in [1.807, 2.05) is 12.1 Å². The van der Waals surface area contributed by atoms with Crippen molar-refractivity contribution in [3.05, 3.63) is 146 Å². The minimum atomic E-state index is -0.707. The number of amides is 2. The third-order valence-electron chi connectivity index (χ3n) is 6.97. The molecule has 0 saturated carbocycles. The van der Waals surface area contributed by atoms with Crippen LogP contribution >= 0.6 is 0 Å². The smallest absolute Gasteiger partial charge is 0.417 e. The summed E-state index contributed by atoms with van der Waals surface area (Å²) in [6, 6.07) is 40.6. The van der Waals surface area contributed by atoms with E-state index in [9.17, 15) is 19.8 Å². The average molecular weight is 625 g/mol. The van der Waals surface area contributed by atoms with Crippen LogP contribution in [-0.4, -0.2) is 22.4 Å². The second-order valence-corrected chi connectivity index (χ2v) is 10.2. The lowest BCUT2D eigenvalue weighted by Crippen LogP contribution is -2.17. The number of aromatic hydroxyl groups is 2. The highest BCUT2D eigenvalue weighted by atomic mass is 16.6. The number of para-hydroxylation sites is 2. The SMILES string of the molecule is O=C(Nc1cccc(Oc2cccc(NC(=O)Oc3ccccc3)c2-c2ccc(O)cc2)c1-c1ccc(O)cc1)Oc1ccccc1. The van der Waals surface area contributed by atoms with Crippen LogP contribution in [0, 0.1) is 0 Å². The van der Waals surface area contributed by atoms with E-state index in [-0.39, 0.29) is 11.5 Å². The molecular weight excluding hydrogens is 596 g/mol. The van der Waals surface area contributed by atoms with Gasteiger partial charge in [-0.1, -0.05) is 72.8 Å². The number of hydrogen-bond donors (Lipinski definition) is 4. The fourth-order valence-electron chi connectivity index (χ4n) is 4.87. The predicted octanol–water partition coefficient (Wildman–Crippen LogP) is 9.45. The fraction of sp³-hybridized carbons (Fsp3) is 0. The van der Waals surface area contributed by atoms with Crippen LogP contribution in [0.2, 0.25) is 0 Å². The molecule has 0 aliphatic rings. The van der Waals surface area contributed by atoms with Crippen molar-refractivity contribution in [2.45, 2.75) is 0 Å². The van der Waals surface area contributed by atoms with Gasteiger partial charge in [-0.05, 0) is 83.9 Å². The molecule has 0 aromatic heterocycles. The molecule has 0 fully saturated rings. The molecule has 232 valence electrons. The van der Waals surface area contributed by atoms with Crippen molar-refractivity contribution in [3.8, 4) is 56.8 Å². The van der Waals surface area contributed by atoms with Crippen LogP contribution in [0.3, 0.4) is 0 Å². The van der Waals surface area contributed by atoms with Gasteiger partial charge < -0.3 is 24.4 Å². The number of phenolic OH excluding ortho intramolecular Hbond substituents is 2. The number of carbonyl (C=O) groups excluding carboxylic acids is 2. The first kappa shape index (κ1) is 30.3. The molecule has 0 spiro atoms. The van der Waals surface area contributed by atoms with Gasteiger partial charge in [-0.15, -0.1) is 0 Å². The Labute approximate surface area is 270 Å². The number of ether oxygens (including phenoxy) is 3. The number of hydrogen-bond acceptors (Lipinski definition) is 7. The van der Waals surface area contributed by atoms with Crippen LogP contribution in [-0.2, 0) is 0 Å². The number of anilines is 2. The van der Waals surface area contributed by atoms with Crippen molar-refractivity contribution in [1.29, 1.82) is 0 Å². The quantitative estimate of drug-likeness (QED) is 0.133. The Bertz CT molecular complexity index is 1850. The minimum Gasteiger partial charge on any atom is -0.508 e. The monoisotopic (exact) mass is 624 g/mol. The van der Waals surface area contributed by atoms with Crippen molar-refractivity contribution < 1.29 is 34.0 Å². The third kappa shape index (κ3) is 7.50. The van der Waals surface area contributed by atoms with Gasteiger partial charge in [-0.3, -0.25) is 10.6 Å². The summed E-state index contributed by atoms with van der Waals surface area (Å²) >= 11 is 0. The van der Waals surface area contributed by atoms with Gasteiger partial charge in [0.2, 0.25) is 0 Å². The summed E-state index contributed by atoms with van der Waals surface area (Å²) in [4.78, 5) is 25.9. The number of phenols is 2. The summed E-state index contributed by atoms with van der Waals surface area (Å²) in [6.45, 7) is 0. The standard InChI is InChI=1S/C38H28N2O7/c41-27-21-17-25(18-22-27)35-31(39-37(43)45-29-9-3-1-4-10-29)13-7-15-33(35)47-34-16-8-14-32(36(34)26-19-23-28(42)24-20-26)40-38(44)46-30-11-5-2-6-12-30/h1-24,41-42H,(H,39,43)(H,40,44). The van der Waals surface area contributed by atoms with Crippen LogP contribution in [0.25, 0.3) is 22.3 Å².